The van der Waals surface area contributed by atoms with Gasteiger partial charge in [0.2, 0.25) is 21.8 Å². The van der Waals surface area contributed by atoms with Crippen LogP contribution in [0.5, 0.6) is 0 Å². The van der Waals surface area contributed by atoms with E-state index in [-0.39, 0.29) is 47.0 Å². The summed E-state index contributed by atoms with van der Waals surface area (Å²) >= 11 is 0. The Labute approximate surface area is 274 Å². The number of nitrogens with two attached hydrogens (primary N) is 1. The van der Waals surface area contributed by atoms with Crippen LogP contribution >= 0.6 is 12.4 Å². The average Bonchev–Trinajstić information content (AvgIpc) is 3.40. The molecule has 246 valence electrons. The van der Waals surface area contributed by atoms with Crippen LogP contribution < -0.4 is 21.9 Å². The zero-order valence-corrected chi connectivity index (χ0v) is 27.8. The van der Waals surface area contributed by atoms with Crippen LogP contribution in [0.2, 0.25) is 0 Å². The van der Waals surface area contributed by atoms with Crippen LogP contribution in [0.25, 0.3) is 22.0 Å². The Morgan fingerprint density at radius 2 is 1.67 bits per heavy atom. The number of carbonyl (C=O) groups excluding carboxylic acids is 2. The fourth-order valence-corrected chi connectivity index (χ4v) is 6.77. The number of aromatic amines is 2. The third kappa shape index (κ3) is 7.69. The molecule has 2 amide bonds. The molecule has 1 heterocycles. The number of aromatic nitrogens is 2. The summed E-state index contributed by atoms with van der Waals surface area (Å²) in [5.74, 6) is -0.283. The third-order valence-electron chi connectivity index (χ3n) is 8.72. The van der Waals surface area contributed by atoms with Crippen LogP contribution in [-0.4, -0.2) is 61.4 Å². The summed E-state index contributed by atoms with van der Waals surface area (Å²) < 4.78 is 26.6. The zero-order valence-electron chi connectivity index (χ0n) is 26.1. The summed E-state index contributed by atoms with van der Waals surface area (Å²) in [6.07, 6.45) is 3.48. The third-order valence-corrected chi connectivity index (χ3v) is 10.5. The van der Waals surface area contributed by atoms with Gasteiger partial charge in [-0.15, -0.1) is 12.4 Å². The van der Waals surface area contributed by atoms with E-state index in [4.69, 9.17) is 5.73 Å². The smallest absolute Gasteiger partial charge is 0.271 e. The minimum absolute atomic E-state index is 0. The Balaban J connectivity index is 0.00000480. The van der Waals surface area contributed by atoms with Gasteiger partial charge in [-0.25, -0.2) is 12.7 Å². The molecule has 1 fully saturated rings. The molecular weight excluding hydrogens is 628 g/mol. The van der Waals surface area contributed by atoms with Crippen LogP contribution in [0.1, 0.15) is 36.8 Å². The second-order valence-corrected chi connectivity index (χ2v) is 14.2. The Bertz CT molecular complexity index is 1860. The molecule has 1 saturated carbocycles. The Hall–Kier alpha value is -3.97. The van der Waals surface area contributed by atoms with Gasteiger partial charge in [-0.05, 0) is 97.7 Å². The first kappa shape index (κ1) is 34.9. The maximum Gasteiger partial charge on any atom is 0.271 e. The van der Waals surface area contributed by atoms with Crippen LogP contribution in [0.4, 0.5) is 5.69 Å². The van der Waals surface area contributed by atoms with Crippen molar-refractivity contribution in [2.45, 2.75) is 50.0 Å². The van der Waals surface area contributed by atoms with Gasteiger partial charge in [0, 0.05) is 32.1 Å². The van der Waals surface area contributed by atoms with Crippen molar-refractivity contribution in [3.05, 3.63) is 82.1 Å². The lowest BCUT2D eigenvalue weighted by Gasteiger charge is -2.28. The van der Waals surface area contributed by atoms with E-state index in [1.54, 1.807) is 36.4 Å². The highest BCUT2D eigenvalue weighted by Gasteiger charge is 2.29. The number of fused-ring (bicyclic) bond motifs is 1. The van der Waals surface area contributed by atoms with Gasteiger partial charge >= 0.3 is 0 Å². The highest BCUT2D eigenvalue weighted by molar-refractivity contribution is 7.89. The molecule has 5 rings (SSSR count). The summed E-state index contributed by atoms with van der Waals surface area (Å²) in [4.78, 5) is 39.1. The highest BCUT2D eigenvalue weighted by Crippen LogP contribution is 2.30. The summed E-state index contributed by atoms with van der Waals surface area (Å²) in [5, 5.41) is 11.7. The minimum atomic E-state index is -3.60. The fourth-order valence-electron chi connectivity index (χ4n) is 5.84. The number of hydrogen-bond donors (Lipinski definition) is 5. The van der Waals surface area contributed by atoms with Crippen molar-refractivity contribution in [2.24, 2.45) is 17.6 Å². The molecule has 46 heavy (non-hydrogen) atoms. The van der Waals surface area contributed by atoms with Crippen molar-refractivity contribution < 1.29 is 18.0 Å². The molecule has 0 unspecified atom stereocenters. The second-order valence-electron chi connectivity index (χ2n) is 12.0. The minimum Gasteiger partial charge on any atom is -0.344 e. The van der Waals surface area contributed by atoms with E-state index in [9.17, 15) is 22.8 Å². The average molecular weight is 669 g/mol. The van der Waals surface area contributed by atoms with Crippen LogP contribution in [0.15, 0.2) is 70.4 Å². The maximum atomic E-state index is 13.6. The molecule has 1 aromatic heterocycles. The summed E-state index contributed by atoms with van der Waals surface area (Å²) in [7, 11) is -0.598. The van der Waals surface area contributed by atoms with Crippen molar-refractivity contribution in [1.29, 1.82) is 0 Å². The van der Waals surface area contributed by atoms with Crippen molar-refractivity contribution in [2.75, 3.05) is 26.0 Å². The molecule has 4 aromatic rings. The molecule has 11 nitrogen and oxygen atoms in total. The summed E-state index contributed by atoms with van der Waals surface area (Å²) in [5.41, 5.74) is 10.0. The second kappa shape index (κ2) is 14.6. The Morgan fingerprint density at radius 1 is 0.978 bits per heavy atom. The van der Waals surface area contributed by atoms with Crippen LogP contribution in [0, 0.1) is 18.8 Å². The number of nitrogens with one attached hydrogen (secondary N) is 4. The number of rotatable bonds is 10. The number of hydrogen-bond acceptors (Lipinski definition) is 6. The first-order chi connectivity index (χ1) is 21.5. The lowest BCUT2D eigenvalue weighted by Crippen LogP contribution is -2.48. The van der Waals surface area contributed by atoms with Crippen molar-refractivity contribution >= 4 is 50.8 Å². The van der Waals surface area contributed by atoms with E-state index in [1.807, 2.05) is 31.2 Å². The number of halogens is 1. The quantitative estimate of drug-likeness (QED) is 0.171. The largest absolute Gasteiger partial charge is 0.344 e. The van der Waals surface area contributed by atoms with Crippen molar-refractivity contribution in [3.63, 3.8) is 0 Å². The number of sulfonamides is 1. The number of anilines is 1. The Morgan fingerprint density at radius 3 is 2.33 bits per heavy atom. The molecule has 1 atom stereocenters. The highest BCUT2D eigenvalue weighted by atomic mass is 35.5. The number of H-pyrrole nitrogens is 2. The van der Waals surface area contributed by atoms with E-state index in [0.29, 0.717) is 29.1 Å². The van der Waals surface area contributed by atoms with Gasteiger partial charge in [0.1, 0.15) is 6.04 Å². The van der Waals surface area contributed by atoms with E-state index >= 15 is 0 Å². The molecule has 3 aromatic carbocycles. The lowest BCUT2D eigenvalue weighted by atomic mass is 9.81. The summed E-state index contributed by atoms with van der Waals surface area (Å²) in [6, 6.07) is 16.7. The first-order valence-electron chi connectivity index (χ1n) is 15.1. The molecule has 0 radical (unpaired) electrons. The zero-order chi connectivity index (χ0) is 32.3. The van der Waals surface area contributed by atoms with Gasteiger partial charge in [0.05, 0.1) is 15.8 Å². The van der Waals surface area contributed by atoms with Crippen LogP contribution in [-0.2, 0) is 26.0 Å². The Kier molecular flexibility index (Phi) is 11.1. The van der Waals surface area contributed by atoms with Gasteiger partial charge in [0.25, 0.3) is 5.56 Å². The van der Waals surface area contributed by atoms with Gasteiger partial charge in [-0.1, -0.05) is 30.3 Å². The van der Waals surface area contributed by atoms with Crippen LogP contribution in [0.3, 0.4) is 0 Å². The predicted octanol–water partition coefficient (Wildman–Crippen LogP) is 3.93. The number of benzene rings is 3. The van der Waals surface area contributed by atoms with E-state index in [0.717, 1.165) is 47.9 Å². The number of amides is 2. The molecule has 1 aliphatic carbocycles. The van der Waals surface area contributed by atoms with Gasteiger partial charge in [-0.3, -0.25) is 24.6 Å². The van der Waals surface area contributed by atoms with E-state index < -0.39 is 16.1 Å². The first-order valence-corrected chi connectivity index (χ1v) is 16.5. The van der Waals surface area contributed by atoms with Gasteiger partial charge in [0.15, 0.2) is 0 Å². The number of carbonyl (C=O) groups is 2. The predicted molar refractivity (Wildman–Crippen MR) is 182 cm³/mol. The normalized spacial score (nSPS) is 17.3. The topological polar surface area (TPSA) is 170 Å². The maximum absolute atomic E-state index is 13.6. The van der Waals surface area contributed by atoms with Gasteiger partial charge < -0.3 is 16.4 Å². The van der Waals surface area contributed by atoms with E-state index in [1.165, 1.54) is 18.4 Å². The van der Waals surface area contributed by atoms with Gasteiger partial charge in [-0.2, -0.15) is 0 Å². The molecule has 0 spiro atoms. The molecule has 13 heteroatoms. The summed E-state index contributed by atoms with van der Waals surface area (Å²) in [6.45, 7) is 2.54. The fraction of sp³-hybridized carbons (Fsp3) is 0.364. The molecule has 0 bridgehead atoms. The monoisotopic (exact) mass is 668 g/mol. The lowest BCUT2D eigenvalue weighted by molar-refractivity contribution is -0.130. The molecule has 0 saturated heterocycles. The van der Waals surface area contributed by atoms with Crippen molar-refractivity contribution in [1.82, 2.24) is 19.8 Å². The van der Waals surface area contributed by atoms with Crippen molar-refractivity contribution in [3.8, 4) is 11.1 Å². The molecule has 0 aliphatic heterocycles. The SMILES string of the molecule is Cc1ccc(S(=O)(=O)N(C)C)cc1-c1ccc(C[C@H](NC(=O)C2CCC(CN)CC2)C(=O)Nc2ccc3c(=O)[nH][nH]c3c2)cc1.Cl. The van der Waals surface area contributed by atoms with E-state index in [2.05, 4.69) is 20.8 Å². The number of aryl methyl sites for hydroxylation is 1. The molecule has 6 N–H and O–H groups in total. The number of nitrogens with zero attached hydrogens (tertiary/aromatic N) is 1. The standard InChI is InChI=1S/C33H40N6O5S.ClH/c1-20-4-14-26(45(43,44)39(2)3)18-28(20)23-9-5-21(6-10-23)16-30(36-31(40)24-11-7-22(19-34)8-12-24)33(42)35-25-13-15-27-29(17-25)37-38-32(27)41;/h4-6,9-10,13-15,17-18,22,24,30H,7-8,11-12,16,19,34H2,1-3H3,(H,35,42)(H,36,40)(H2,37,38,41);1H/t22?,24?,30-;/m0./s1. The molecule has 1 aliphatic rings. The molecular formula is C33H41ClN6O5S.